The number of para-hydroxylation sites is 1. The van der Waals surface area contributed by atoms with E-state index in [4.69, 9.17) is 26.2 Å². The molecule has 10 nitrogen and oxygen atoms in total. The second-order valence-electron chi connectivity index (χ2n) is 10.3. The number of carbonyl (C=O) groups is 2. The van der Waals surface area contributed by atoms with Crippen LogP contribution in [0.3, 0.4) is 0 Å². The molecule has 2 heterocycles. The molecule has 1 amide bonds. The summed E-state index contributed by atoms with van der Waals surface area (Å²) in [5.74, 6) is 5.47. The van der Waals surface area contributed by atoms with Gasteiger partial charge in [-0.15, -0.1) is 5.10 Å². The molecule has 1 fully saturated rings. The number of likely N-dealkylation sites (tertiary alicyclic amines) is 1. The van der Waals surface area contributed by atoms with Crippen LogP contribution in [0.4, 0.5) is 4.79 Å². The van der Waals surface area contributed by atoms with Crippen molar-refractivity contribution in [3.63, 3.8) is 0 Å². The second-order valence-corrected chi connectivity index (χ2v) is 10.3. The van der Waals surface area contributed by atoms with Crippen molar-refractivity contribution >= 4 is 23.5 Å². The van der Waals surface area contributed by atoms with Gasteiger partial charge in [-0.2, -0.15) is 0 Å². The molecule has 10 heteroatoms. The van der Waals surface area contributed by atoms with E-state index in [-0.39, 0.29) is 11.9 Å². The van der Waals surface area contributed by atoms with E-state index in [2.05, 4.69) is 11.2 Å². The molecule has 200 valence electrons. The Balaban J connectivity index is 1.62. The molecule has 1 saturated heterocycles. The first-order valence-electron chi connectivity index (χ1n) is 12.3. The lowest BCUT2D eigenvalue weighted by Gasteiger charge is -2.43. The summed E-state index contributed by atoms with van der Waals surface area (Å²) in [6.45, 7) is 6.59. The van der Waals surface area contributed by atoms with Gasteiger partial charge in [0.25, 0.3) is 0 Å². The number of hydrogen-bond donors (Lipinski definition) is 3. The first-order valence-corrected chi connectivity index (χ1v) is 12.3. The smallest absolute Gasteiger partial charge is 0.410 e. The number of nitrogens with two attached hydrogens (primary N) is 2. The van der Waals surface area contributed by atoms with E-state index in [1.807, 2.05) is 63.2 Å². The second kappa shape index (κ2) is 10.6. The van der Waals surface area contributed by atoms with Crippen LogP contribution >= 0.6 is 0 Å². The summed E-state index contributed by atoms with van der Waals surface area (Å²) in [5, 5.41) is 13.7. The highest BCUT2D eigenvalue weighted by molar-refractivity contribution is 5.98. The van der Waals surface area contributed by atoms with Gasteiger partial charge in [-0.05, 0) is 50.1 Å². The first kappa shape index (κ1) is 26.7. The van der Waals surface area contributed by atoms with Crippen molar-refractivity contribution < 1.29 is 24.2 Å². The van der Waals surface area contributed by atoms with Crippen LogP contribution in [0, 0.1) is 0 Å². The van der Waals surface area contributed by atoms with Crippen molar-refractivity contribution in [1.29, 1.82) is 0 Å². The zero-order valence-corrected chi connectivity index (χ0v) is 21.8. The van der Waals surface area contributed by atoms with Gasteiger partial charge in [-0.25, -0.2) is 20.5 Å². The molecule has 0 saturated carbocycles. The summed E-state index contributed by atoms with van der Waals surface area (Å²) in [6, 6.07) is 15.4. The topological polar surface area (TPSA) is 144 Å². The lowest BCUT2D eigenvalue weighted by atomic mass is 9.82. The molecule has 38 heavy (non-hydrogen) atoms. The van der Waals surface area contributed by atoms with Crippen LogP contribution < -0.4 is 16.3 Å². The van der Waals surface area contributed by atoms with Crippen molar-refractivity contribution in [2.45, 2.75) is 44.8 Å². The largest absolute Gasteiger partial charge is 0.482 e. The molecule has 2 aromatic rings. The fourth-order valence-corrected chi connectivity index (χ4v) is 4.45. The van der Waals surface area contributed by atoms with E-state index in [1.54, 1.807) is 11.0 Å². The van der Waals surface area contributed by atoms with Crippen molar-refractivity contribution in [3.05, 3.63) is 83.6 Å². The summed E-state index contributed by atoms with van der Waals surface area (Å²) in [5.41, 5.74) is 8.52. The minimum Gasteiger partial charge on any atom is -0.482 e. The number of hydrazone groups is 1. The van der Waals surface area contributed by atoms with Crippen molar-refractivity contribution in [1.82, 2.24) is 10.0 Å². The third-order valence-electron chi connectivity index (χ3n) is 6.22. The number of carboxylic acid groups (broad SMARTS) is 1. The Kier molecular flexibility index (Phi) is 7.45. The van der Waals surface area contributed by atoms with Crippen molar-refractivity contribution in [2.24, 2.45) is 16.7 Å². The normalized spacial score (nSPS) is 17.0. The monoisotopic (exact) mass is 519 g/mol. The van der Waals surface area contributed by atoms with Gasteiger partial charge in [0.2, 0.25) is 0 Å². The number of rotatable bonds is 5. The third-order valence-corrected chi connectivity index (χ3v) is 6.22. The highest BCUT2D eigenvalue weighted by Crippen LogP contribution is 2.43. The Bertz CT molecular complexity index is 1300. The Morgan fingerprint density at radius 2 is 1.87 bits per heavy atom. The summed E-state index contributed by atoms with van der Waals surface area (Å²) < 4.78 is 12.1. The minimum absolute atomic E-state index is 0.130. The number of piperidine rings is 1. The molecule has 2 aromatic carbocycles. The lowest BCUT2D eigenvalue weighted by molar-refractivity contribution is -0.131. The number of hydrogen-bond acceptors (Lipinski definition) is 7. The Morgan fingerprint density at radius 3 is 2.55 bits per heavy atom. The molecular formula is C28H33N5O5. The van der Waals surface area contributed by atoms with Crippen LogP contribution in [0.25, 0.3) is 5.57 Å². The quantitative estimate of drug-likeness (QED) is 0.178. The number of fused-ring (bicyclic) bond motifs is 1. The van der Waals surface area contributed by atoms with Gasteiger partial charge in [0.05, 0.1) is 0 Å². The first-order chi connectivity index (χ1) is 17.9. The molecule has 0 aromatic heterocycles. The van der Waals surface area contributed by atoms with E-state index in [1.165, 1.54) is 0 Å². The minimum atomic E-state index is -1.15. The number of carbonyl (C=O) groups excluding carboxylic acids is 1. The summed E-state index contributed by atoms with van der Waals surface area (Å²) in [6.07, 6.45) is 5.02. The maximum Gasteiger partial charge on any atom is 0.410 e. The molecule has 2 aliphatic rings. The van der Waals surface area contributed by atoms with E-state index in [0.29, 0.717) is 31.5 Å². The SMILES string of the molecule is CC(C)(C)OC(=O)N1CCC2(C=C(c3cccc(/C(N)=N/N(N)/C=C\C(=O)O)c3)c3ccccc3O2)CC1. The summed E-state index contributed by atoms with van der Waals surface area (Å²) >= 11 is 0. The fraction of sp³-hybridized carbons (Fsp3) is 0.321. The van der Waals surface area contributed by atoms with E-state index < -0.39 is 17.2 Å². The molecule has 0 unspecified atom stereocenters. The zero-order valence-electron chi connectivity index (χ0n) is 21.8. The van der Waals surface area contributed by atoms with Crippen molar-refractivity contribution in [2.75, 3.05) is 13.1 Å². The lowest BCUT2D eigenvalue weighted by Crippen LogP contribution is -2.50. The average molecular weight is 520 g/mol. The maximum absolute atomic E-state index is 12.6. The van der Waals surface area contributed by atoms with E-state index in [9.17, 15) is 9.59 Å². The molecule has 0 atom stereocenters. The number of benzene rings is 2. The van der Waals surface area contributed by atoms with Crippen LogP contribution in [-0.4, -0.2) is 57.3 Å². The van der Waals surface area contributed by atoms with Crippen LogP contribution in [0.15, 0.2) is 72.0 Å². The molecule has 5 N–H and O–H groups in total. The van der Waals surface area contributed by atoms with Gasteiger partial charge in [-0.3, -0.25) is 0 Å². The molecule has 2 aliphatic heterocycles. The van der Waals surface area contributed by atoms with Gasteiger partial charge in [-0.1, -0.05) is 36.4 Å². The average Bonchev–Trinajstić information content (AvgIpc) is 2.86. The fourth-order valence-electron chi connectivity index (χ4n) is 4.45. The predicted octanol–water partition coefficient (Wildman–Crippen LogP) is 3.67. The number of ether oxygens (including phenoxy) is 2. The highest BCUT2D eigenvalue weighted by atomic mass is 16.6. The summed E-state index contributed by atoms with van der Waals surface area (Å²) in [4.78, 5) is 25.0. The predicted molar refractivity (Wildman–Crippen MR) is 144 cm³/mol. The van der Waals surface area contributed by atoms with E-state index in [0.717, 1.165) is 39.8 Å². The molecule has 0 bridgehead atoms. The van der Waals surface area contributed by atoms with Crippen LogP contribution in [0.5, 0.6) is 5.75 Å². The highest BCUT2D eigenvalue weighted by Gasteiger charge is 2.40. The molecular weight excluding hydrogens is 486 g/mol. The van der Waals surface area contributed by atoms with Gasteiger partial charge in [0, 0.05) is 49.3 Å². The number of nitrogens with zero attached hydrogens (tertiary/aromatic N) is 3. The Morgan fingerprint density at radius 1 is 1.16 bits per heavy atom. The van der Waals surface area contributed by atoms with Gasteiger partial charge < -0.3 is 25.2 Å². The van der Waals surface area contributed by atoms with E-state index >= 15 is 0 Å². The zero-order chi connectivity index (χ0) is 27.5. The molecule has 0 radical (unpaired) electrons. The van der Waals surface area contributed by atoms with Crippen molar-refractivity contribution in [3.8, 4) is 5.75 Å². The maximum atomic E-state index is 12.6. The number of hydrazine groups is 1. The third kappa shape index (κ3) is 6.33. The standard InChI is InChI=1S/C28H33N5O5/c1-27(2,3)38-26(36)32-15-12-28(13-16-32)18-22(21-9-4-5-10-23(21)37-28)19-7-6-8-20(17-19)25(29)31-33(30)14-11-24(34)35/h4-11,14,17-18H,12-13,15-16,30H2,1-3H3,(H2,29,31)(H,34,35)/b14-11-. The van der Waals surface area contributed by atoms with Gasteiger partial charge in [0.15, 0.2) is 5.84 Å². The number of aliphatic carboxylic acids is 1. The molecule has 0 aliphatic carbocycles. The van der Waals surface area contributed by atoms with Gasteiger partial charge in [0.1, 0.15) is 17.0 Å². The molecule has 1 spiro atoms. The summed E-state index contributed by atoms with van der Waals surface area (Å²) in [7, 11) is 0. The Labute approximate surface area is 221 Å². The number of amides is 1. The number of carboxylic acids is 1. The Hall–Kier alpha value is -4.31. The molecule has 4 rings (SSSR count). The number of amidine groups is 1. The van der Waals surface area contributed by atoms with Gasteiger partial charge >= 0.3 is 12.1 Å². The van der Waals surface area contributed by atoms with Crippen LogP contribution in [-0.2, 0) is 9.53 Å². The van der Waals surface area contributed by atoms with Crippen LogP contribution in [0.1, 0.15) is 50.3 Å². The van der Waals surface area contributed by atoms with Crippen LogP contribution in [0.2, 0.25) is 0 Å².